The molecule has 1 saturated heterocycles. The van der Waals surface area contributed by atoms with Gasteiger partial charge in [-0.2, -0.15) is 0 Å². The molecule has 166 valence electrons. The van der Waals surface area contributed by atoms with E-state index in [1.54, 1.807) is 0 Å². The first-order valence-corrected chi connectivity index (χ1v) is 11.3. The Bertz CT molecular complexity index is 1130. The minimum absolute atomic E-state index is 0. The number of carbonyl (C=O) groups excluding carboxylic acids is 1. The van der Waals surface area contributed by atoms with Gasteiger partial charge in [0.1, 0.15) is 0 Å². The molecular formula is C27H30ClN3O. The first-order valence-electron chi connectivity index (χ1n) is 11.3. The van der Waals surface area contributed by atoms with Crippen molar-refractivity contribution in [2.45, 2.75) is 19.4 Å². The van der Waals surface area contributed by atoms with Crippen molar-refractivity contribution in [1.82, 2.24) is 14.4 Å². The van der Waals surface area contributed by atoms with E-state index in [9.17, 15) is 4.79 Å². The zero-order chi connectivity index (χ0) is 21.0. The highest BCUT2D eigenvalue weighted by molar-refractivity contribution is 6.13. The topological polar surface area (TPSA) is 28.5 Å². The monoisotopic (exact) mass is 447 g/mol. The minimum Gasteiger partial charge on any atom is -0.301 e. The Kier molecular flexibility index (Phi) is 7.26. The molecule has 1 aliphatic heterocycles. The van der Waals surface area contributed by atoms with Crippen LogP contribution in [0.15, 0.2) is 78.9 Å². The molecule has 0 unspecified atom stereocenters. The number of para-hydroxylation sites is 2. The van der Waals surface area contributed by atoms with Crippen molar-refractivity contribution in [2.24, 2.45) is 0 Å². The fourth-order valence-electron chi connectivity index (χ4n) is 4.77. The van der Waals surface area contributed by atoms with Crippen LogP contribution >= 0.6 is 12.4 Å². The van der Waals surface area contributed by atoms with Crippen LogP contribution < -0.4 is 0 Å². The molecule has 0 amide bonds. The summed E-state index contributed by atoms with van der Waals surface area (Å²) in [5, 5.41) is 2.31. The largest absolute Gasteiger partial charge is 0.301 e. The van der Waals surface area contributed by atoms with Gasteiger partial charge in [0.05, 0.1) is 11.0 Å². The number of carbonyl (C=O) groups is 1. The maximum atomic E-state index is 13.2. The minimum atomic E-state index is 0. The molecule has 2 heterocycles. The van der Waals surface area contributed by atoms with E-state index in [-0.39, 0.29) is 18.3 Å². The Morgan fingerprint density at radius 1 is 0.688 bits per heavy atom. The number of benzene rings is 3. The highest BCUT2D eigenvalue weighted by atomic mass is 35.5. The molecular weight excluding hydrogens is 418 g/mol. The fourth-order valence-corrected chi connectivity index (χ4v) is 4.77. The van der Waals surface area contributed by atoms with Crippen LogP contribution in [0.5, 0.6) is 0 Å². The third-order valence-corrected chi connectivity index (χ3v) is 6.41. The van der Waals surface area contributed by atoms with Gasteiger partial charge in [-0.3, -0.25) is 14.3 Å². The number of halogens is 1. The van der Waals surface area contributed by atoms with Crippen LogP contribution in [0.3, 0.4) is 0 Å². The maximum absolute atomic E-state index is 13.2. The van der Waals surface area contributed by atoms with Gasteiger partial charge in [0.2, 0.25) is 5.91 Å². The number of nitrogens with zero attached hydrogens (tertiary/aromatic N) is 3. The van der Waals surface area contributed by atoms with Crippen molar-refractivity contribution < 1.29 is 4.79 Å². The summed E-state index contributed by atoms with van der Waals surface area (Å²) < 4.78 is 1.92. The van der Waals surface area contributed by atoms with Gasteiger partial charge in [-0.25, -0.2) is 0 Å². The summed E-state index contributed by atoms with van der Waals surface area (Å²) in [6.45, 7) is 6.36. The van der Waals surface area contributed by atoms with E-state index in [1.807, 2.05) is 28.8 Å². The summed E-state index contributed by atoms with van der Waals surface area (Å²) in [6.07, 6.45) is 1.48. The highest BCUT2D eigenvalue weighted by Crippen LogP contribution is 2.29. The van der Waals surface area contributed by atoms with E-state index in [1.165, 1.54) is 5.56 Å². The average molecular weight is 448 g/mol. The second-order valence-corrected chi connectivity index (χ2v) is 8.47. The van der Waals surface area contributed by atoms with Crippen molar-refractivity contribution in [3.8, 4) is 0 Å². The number of rotatable bonds is 6. The van der Waals surface area contributed by atoms with E-state index < -0.39 is 0 Å². The molecule has 1 aromatic heterocycles. The summed E-state index contributed by atoms with van der Waals surface area (Å²) in [5.41, 5.74) is 3.42. The van der Waals surface area contributed by atoms with Gasteiger partial charge in [-0.1, -0.05) is 66.7 Å². The Labute approximate surface area is 195 Å². The van der Waals surface area contributed by atoms with Crippen molar-refractivity contribution in [3.05, 3.63) is 84.4 Å². The molecule has 0 bridgehead atoms. The zero-order valence-electron chi connectivity index (χ0n) is 18.3. The lowest BCUT2D eigenvalue weighted by molar-refractivity contribution is 0.0892. The van der Waals surface area contributed by atoms with Gasteiger partial charge < -0.3 is 4.90 Å². The van der Waals surface area contributed by atoms with Crippen LogP contribution in [0.2, 0.25) is 0 Å². The molecule has 4 aromatic rings. The first-order chi connectivity index (χ1) is 15.3. The Morgan fingerprint density at radius 3 is 1.84 bits per heavy atom. The van der Waals surface area contributed by atoms with Crippen LogP contribution in [-0.4, -0.2) is 53.0 Å². The molecule has 0 spiro atoms. The van der Waals surface area contributed by atoms with Gasteiger partial charge in [-0.05, 0) is 30.7 Å². The summed E-state index contributed by atoms with van der Waals surface area (Å²) in [6, 6.07) is 27.1. The van der Waals surface area contributed by atoms with E-state index in [0.717, 1.165) is 67.5 Å². The van der Waals surface area contributed by atoms with Crippen molar-refractivity contribution in [3.63, 3.8) is 0 Å². The van der Waals surface area contributed by atoms with E-state index in [2.05, 4.69) is 64.4 Å². The quantitative estimate of drug-likeness (QED) is 0.393. The summed E-state index contributed by atoms with van der Waals surface area (Å²) in [5.74, 6) is 0.195. The van der Waals surface area contributed by atoms with E-state index >= 15 is 0 Å². The van der Waals surface area contributed by atoms with Gasteiger partial charge in [-0.15, -0.1) is 12.4 Å². The maximum Gasteiger partial charge on any atom is 0.231 e. The number of hydrogen-bond donors (Lipinski definition) is 0. The average Bonchev–Trinajstić information content (AvgIpc) is 3.15. The molecule has 0 saturated carbocycles. The second kappa shape index (κ2) is 10.3. The number of fused-ring (bicyclic) bond motifs is 3. The lowest BCUT2D eigenvalue weighted by atomic mass is 10.2. The van der Waals surface area contributed by atoms with Crippen LogP contribution in [0.25, 0.3) is 21.8 Å². The molecule has 1 aliphatic rings. The predicted octanol–water partition coefficient (Wildman–Crippen LogP) is 5.45. The molecule has 0 aliphatic carbocycles. The van der Waals surface area contributed by atoms with Crippen LogP contribution in [0.1, 0.15) is 23.2 Å². The Balaban J connectivity index is 0.00000245. The van der Waals surface area contributed by atoms with Gasteiger partial charge in [0, 0.05) is 49.9 Å². The van der Waals surface area contributed by atoms with Crippen molar-refractivity contribution >= 4 is 40.1 Å². The van der Waals surface area contributed by atoms with E-state index in [4.69, 9.17) is 0 Å². The summed E-state index contributed by atoms with van der Waals surface area (Å²) in [7, 11) is 0. The van der Waals surface area contributed by atoms with Crippen LogP contribution in [-0.2, 0) is 6.54 Å². The Hall–Kier alpha value is -2.66. The van der Waals surface area contributed by atoms with Gasteiger partial charge in [0.25, 0.3) is 0 Å². The molecule has 0 N–H and O–H groups in total. The van der Waals surface area contributed by atoms with E-state index in [0.29, 0.717) is 6.42 Å². The summed E-state index contributed by atoms with van der Waals surface area (Å²) in [4.78, 5) is 18.2. The second-order valence-electron chi connectivity index (χ2n) is 8.47. The molecule has 0 atom stereocenters. The van der Waals surface area contributed by atoms with Gasteiger partial charge >= 0.3 is 0 Å². The molecule has 3 aromatic carbocycles. The lowest BCUT2D eigenvalue weighted by Gasteiger charge is -2.34. The summed E-state index contributed by atoms with van der Waals surface area (Å²) >= 11 is 0. The van der Waals surface area contributed by atoms with Crippen LogP contribution in [0, 0.1) is 0 Å². The molecule has 5 rings (SSSR count). The molecule has 32 heavy (non-hydrogen) atoms. The third kappa shape index (κ3) is 4.73. The molecule has 5 heteroatoms. The normalized spacial score (nSPS) is 15.1. The third-order valence-electron chi connectivity index (χ3n) is 6.41. The Morgan fingerprint density at radius 2 is 1.22 bits per heavy atom. The predicted molar refractivity (Wildman–Crippen MR) is 135 cm³/mol. The first kappa shape index (κ1) is 22.5. The molecule has 1 fully saturated rings. The number of hydrogen-bond acceptors (Lipinski definition) is 3. The standard InChI is InChI=1S/C27H29N3O.ClH/c31-27(30-25-13-6-4-11-23(25)24-12-5-7-14-26(24)30)15-8-16-28-17-19-29(20-18-28)21-22-9-2-1-3-10-22;/h1-7,9-14H,8,15-21H2;1H. The van der Waals surface area contributed by atoms with Crippen molar-refractivity contribution in [2.75, 3.05) is 32.7 Å². The van der Waals surface area contributed by atoms with Gasteiger partial charge in [0.15, 0.2) is 0 Å². The smallest absolute Gasteiger partial charge is 0.231 e. The fraction of sp³-hybridized carbons (Fsp3) is 0.296. The lowest BCUT2D eigenvalue weighted by Crippen LogP contribution is -2.46. The number of aromatic nitrogens is 1. The number of piperazine rings is 1. The molecule has 4 nitrogen and oxygen atoms in total. The molecule has 0 radical (unpaired) electrons. The zero-order valence-corrected chi connectivity index (χ0v) is 19.1. The van der Waals surface area contributed by atoms with Crippen LogP contribution in [0.4, 0.5) is 0 Å². The SMILES string of the molecule is Cl.O=C(CCCN1CCN(Cc2ccccc2)CC1)n1c2ccccc2c2ccccc21. The highest BCUT2D eigenvalue weighted by Gasteiger charge is 2.18. The van der Waals surface area contributed by atoms with Crippen molar-refractivity contribution in [1.29, 1.82) is 0 Å².